The molecule has 0 aromatic heterocycles. The summed E-state index contributed by atoms with van der Waals surface area (Å²) in [6.45, 7) is 7.84. The number of nitrogens with one attached hydrogen (secondary N) is 2. The van der Waals surface area contributed by atoms with E-state index < -0.39 is 16.6 Å². The van der Waals surface area contributed by atoms with Gasteiger partial charge in [0.2, 0.25) is 0 Å². The lowest BCUT2D eigenvalue weighted by molar-refractivity contribution is -0.0207. The molecular formula is C28H42N2O3S2. The summed E-state index contributed by atoms with van der Waals surface area (Å²) in [6.07, 6.45) is 5.50. The Bertz CT molecular complexity index is 911. The Hall–Kier alpha value is -1.38. The van der Waals surface area contributed by atoms with Gasteiger partial charge >= 0.3 is 0 Å². The number of rotatable bonds is 13. The minimum absolute atomic E-state index is 0.132. The van der Waals surface area contributed by atoms with Crippen molar-refractivity contribution in [2.45, 2.75) is 70.1 Å². The van der Waals surface area contributed by atoms with E-state index in [0.29, 0.717) is 17.6 Å². The van der Waals surface area contributed by atoms with Gasteiger partial charge in [0.05, 0.1) is 16.6 Å². The molecule has 0 amide bonds. The minimum Gasteiger partial charge on any atom is -0.508 e. The Balaban J connectivity index is 1.36. The molecule has 1 saturated carbocycles. The predicted octanol–water partition coefficient (Wildman–Crippen LogP) is 5.09. The lowest BCUT2D eigenvalue weighted by Crippen LogP contribution is -2.36. The molecule has 35 heavy (non-hydrogen) atoms. The predicted molar refractivity (Wildman–Crippen MR) is 149 cm³/mol. The fourth-order valence-corrected chi connectivity index (χ4v) is 6.16. The first-order chi connectivity index (χ1) is 16.8. The standard InChI is InChI=1S/C28H42N2O3S2/c1-21(2)35(33)30-20-22(3)25-12-16-28(32,17-13-25)26-8-4-23(5-9-26)14-18-29-34-19-15-24-6-10-27(31)11-7-24/h4-11,21-22,25,29-32H,12-20H2,1-3H3. The molecule has 2 aromatic rings. The van der Waals surface area contributed by atoms with Gasteiger partial charge in [0.25, 0.3) is 0 Å². The summed E-state index contributed by atoms with van der Waals surface area (Å²) in [5, 5.41) is 20.8. The maximum absolute atomic E-state index is 12.0. The van der Waals surface area contributed by atoms with Gasteiger partial charge in [0, 0.05) is 24.1 Å². The molecule has 2 unspecified atom stereocenters. The monoisotopic (exact) mass is 518 g/mol. The summed E-state index contributed by atoms with van der Waals surface area (Å²) in [7, 11) is -0.970. The number of benzene rings is 2. The molecule has 4 N–H and O–H groups in total. The molecule has 0 aliphatic heterocycles. The molecule has 2 atom stereocenters. The zero-order valence-corrected chi connectivity index (χ0v) is 23.0. The topological polar surface area (TPSA) is 81.6 Å². The van der Waals surface area contributed by atoms with Crippen LogP contribution in [0.25, 0.3) is 0 Å². The van der Waals surface area contributed by atoms with E-state index in [1.54, 1.807) is 24.1 Å². The number of aliphatic hydroxyl groups is 1. The Morgan fingerprint density at radius 3 is 2.23 bits per heavy atom. The van der Waals surface area contributed by atoms with E-state index in [1.807, 2.05) is 26.0 Å². The van der Waals surface area contributed by atoms with Crippen LogP contribution in [0.4, 0.5) is 0 Å². The van der Waals surface area contributed by atoms with E-state index in [1.165, 1.54) is 11.1 Å². The molecule has 1 fully saturated rings. The van der Waals surface area contributed by atoms with E-state index in [9.17, 15) is 14.4 Å². The lowest BCUT2D eigenvalue weighted by Gasteiger charge is -2.38. The van der Waals surface area contributed by atoms with Crippen molar-refractivity contribution in [3.05, 3.63) is 65.2 Å². The fraction of sp³-hybridized carbons (Fsp3) is 0.571. The highest BCUT2D eigenvalue weighted by molar-refractivity contribution is 7.97. The quantitative estimate of drug-likeness (QED) is 0.219. The van der Waals surface area contributed by atoms with E-state index in [0.717, 1.165) is 62.9 Å². The number of phenols is 1. The summed E-state index contributed by atoms with van der Waals surface area (Å²) < 4.78 is 18.6. The maximum atomic E-state index is 12.0. The van der Waals surface area contributed by atoms with Crippen molar-refractivity contribution in [2.75, 3.05) is 18.8 Å². The van der Waals surface area contributed by atoms with E-state index in [-0.39, 0.29) is 5.25 Å². The molecule has 0 spiro atoms. The average Bonchev–Trinajstić information content (AvgIpc) is 2.86. The summed E-state index contributed by atoms with van der Waals surface area (Å²) in [6, 6.07) is 15.9. The maximum Gasteiger partial charge on any atom is 0.115 e. The molecule has 1 aliphatic carbocycles. The Morgan fingerprint density at radius 1 is 1.00 bits per heavy atom. The summed E-state index contributed by atoms with van der Waals surface area (Å²) in [4.78, 5) is 0. The number of hydrogen-bond donors (Lipinski definition) is 4. The van der Waals surface area contributed by atoms with Gasteiger partial charge in [-0.25, -0.2) is 8.93 Å². The number of hydrogen-bond acceptors (Lipinski definition) is 5. The van der Waals surface area contributed by atoms with Crippen LogP contribution >= 0.6 is 11.9 Å². The summed E-state index contributed by atoms with van der Waals surface area (Å²) in [5.41, 5.74) is 2.80. The third kappa shape index (κ3) is 8.90. The highest BCUT2D eigenvalue weighted by Gasteiger charge is 2.36. The van der Waals surface area contributed by atoms with Crippen LogP contribution < -0.4 is 9.44 Å². The average molecular weight is 519 g/mol. The second kappa shape index (κ2) is 13.8. The minimum atomic E-state index is -0.970. The largest absolute Gasteiger partial charge is 0.508 e. The molecule has 194 valence electrons. The Kier molecular flexibility index (Phi) is 11.1. The molecule has 0 radical (unpaired) electrons. The molecular weight excluding hydrogens is 476 g/mol. The van der Waals surface area contributed by atoms with Gasteiger partial charge in [-0.3, -0.25) is 4.72 Å². The smallest absolute Gasteiger partial charge is 0.115 e. The van der Waals surface area contributed by atoms with Crippen molar-refractivity contribution in [3.8, 4) is 5.75 Å². The van der Waals surface area contributed by atoms with Crippen molar-refractivity contribution < 1.29 is 14.4 Å². The number of aromatic hydroxyl groups is 1. The van der Waals surface area contributed by atoms with Gasteiger partial charge in [0.15, 0.2) is 0 Å². The molecule has 7 heteroatoms. The first-order valence-corrected chi connectivity index (χ1v) is 15.0. The van der Waals surface area contributed by atoms with Crippen LogP contribution in [0.3, 0.4) is 0 Å². The second-order valence-corrected chi connectivity index (χ2v) is 13.0. The third-order valence-electron chi connectivity index (χ3n) is 7.18. The Labute approximate surface area is 218 Å². The van der Waals surface area contributed by atoms with Crippen molar-refractivity contribution in [3.63, 3.8) is 0 Å². The van der Waals surface area contributed by atoms with Crippen molar-refractivity contribution >= 4 is 22.9 Å². The van der Waals surface area contributed by atoms with Gasteiger partial charge < -0.3 is 10.2 Å². The highest BCUT2D eigenvalue weighted by Crippen LogP contribution is 2.41. The first-order valence-electron chi connectivity index (χ1n) is 12.9. The fourth-order valence-electron chi connectivity index (χ4n) is 4.68. The van der Waals surface area contributed by atoms with Crippen LogP contribution in [0.2, 0.25) is 0 Å². The van der Waals surface area contributed by atoms with E-state index >= 15 is 0 Å². The van der Waals surface area contributed by atoms with Crippen molar-refractivity contribution in [1.82, 2.24) is 9.44 Å². The molecule has 0 heterocycles. The first kappa shape index (κ1) is 28.2. The van der Waals surface area contributed by atoms with Crippen molar-refractivity contribution in [2.24, 2.45) is 11.8 Å². The van der Waals surface area contributed by atoms with Crippen LogP contribution in [0.1, 0.15) is 63.1 Å². The molecule has 1 aliphatic rings. The molecule has 3 rings (SSSR count). The van der Waals surface area contributed by atoms with Gasteiger partial charge in [-0.15, -0.1) is 0 Å². The van der Waals surface area contributed by atoms with Gasteiger partial charge in [0.1, 0.15) is 5.75 Å². The molecule has 0 bridgehead atoms. The Morgan fingerprint density at radius 2 is 1.60 bits per heavy atom. The zero-order valence-electron chi connectivity index (χ0n) is 21.3. The van der Waals surface area contributed by atoms with Crippen LogP contribution in [0.5, 0.6) is 5.75 Å². The normalized spacial score (nSPS) is 22.3. The van der Waals surface area contributed by atoms with Crippen LogP contribution in [0.15, 0.2) is 48.5 Å². The van der Waals surface area contributed by atoms with Crippen LogP contribution in [-0.4, -0.2) is 38.5 Å². The van der Waals surface area contributed by atoms with Gasteiger partial charge in [-0.1, -0.05) is 55.3 Å². The van der Waals surface area contributed by atoms with Gasteiger partial charge in [-0.2, -0.15) is 0 Å². The summed E-state index contributed by atoms with van der Waals surface area (Å²) >= 11 is 1.73. The SMILES string of the molecule is CC(CNS(=O)C(C)C)C1CCC(O)(c2ccc(CCNSCCc3ccc(O)cc3)cc2)CC1. The van der Waals surface area contributed by atoms with Crippen LogP contribution in [-0.2, 0) is 29.4 Å². The second-order valence-electron chi connectivity index (χ2n) is 10.1. The molecule has 2 aromatic carbocycles. The lowest BCUT2D eigenvalue weighted by atomic mass is 9.71. The highest BCUT2D eigenvalue weighted by atomic mass is 32.2. The van der Waals surface area contributed by atoms with Crippen molar-refractivity contribution in [1.29, 1.82) is 0 Å². The van der Waals surface area contributed by atoms with Crippen LogP contribution in [0, 0.1) is 11.8 Å². The van der Waals surface area contributed by atoms with E-state index in [4.69, 9.17) is 0 Å². The molecule has 0 saturated heterocycles. The zero-order chi connectivity index (χ0) is 25.3. The summed E-state index contributed by atoms with van der Waals surface area (Å²) in [5.74, 6) is 2.31. The van der Waals surface area contributed by atoms with Gasteiger partial charge in [-0.05, 0) is 93.0 Å². The number of aryl methyl sites for hydroxylation is 1. The van der Waals surface area contributed by atoms with E-state index in [2.05, 4.69) is 40.6 Å². The number of phenolic OH excluding ortho intramolecular Hbond substituents is 1. The third-order valence-corrected chi connectivity index (χ3v) is 9.30. The molecule has 5 nitrogen and oxygen atoms in total.